The number of hydrogen-bond acceptors (Lipinski definition) is 4. The Labute approximate surface area is 156 Å². The van der Waals surface area contributed by atoms with Gasteiger partial charge >= 0.3 is 0 Å². The Morgan fingerprint density at radius 3 is 2.62 bits per heavy atom. The predicted molar refractivity (Wildman–Crippen MR) is 105 cm³/mol. The van der Waals surface area contributed by atoms with Crippen LogP contribution in [0.15, 0.2) is 42.5 Å². The van der Waals surface area contributed by atoms with Crippen LogP contribution in [0.25, 0.3) is 0 Å². The number of aldehydes is 1. The van der Waals surface area contributed by atoms with Gasteiger partial charge in [-0.1, -0.05) is 24.3 Å². The maximum atomic E-state index is 11.1. The summed E-state index contributed by atoms with van der Waals surface area (Å²) in [4.78, 5) is 13.2. The van der Waals surface area contributed by atoms with Crippen LogP contribution in [-0.2, 0) is 17.7 Å². The fourth-order valence-corrected chi connectivity index (χ4v) is 3.40. The van der Waals surface area contributed by atoms with Crippen LogP contribution in [0.2, 0.25) is 0 Å². The van der Waals surface area contributed by atoms with Crippen LogP contribution in [0.1, 0.15) is 28.4 Å². The van der Waals surface area contributed by atoms with Gasteiger partial charge in [0.2, 0.25) is 0 Å². The van der Waals surface area contributed by atoms with Crippen molar-refractivity contribution in [3.63, 3.8) is 0 Å². The molecule has 0 aliphatic rings. The second-order valence-electron chi connectivity index (χ2n) is 6.15. The van der Waals surface area contributed by atoms with Gasteiger partial charge in [0.05, 0.1) is 12.3 Å². The molecular weight excluding hydrogens is 352 g/mol. The molecule has 0 aromatic heterocycles. The van der Waals surface area contributed by atoms with Crippen molar-refractivity contribution in [2.24, 2.45) is 0 Å². The lowest BCUT2D eigenvalue weighted by atomic mass is 10.0. The smallest absolute Gasteiger partial charge is 0.259 e. The van der Waals surface area contributed by atoms with E-state index in [0.29, 0.717) is 30.5 Å². The molecule has 0 amide bonds. The zero-order chi connectivity index (χ0) is 19.1. The topological polar surface area (TPSA) is 89.9 Å². The summed E-state index contributed by atoms with van der Waals surface area (Å²) in [6.45, 7) is 4.64. The normalized spacial score (nSPS) is 13.1. The minimum absolute atomic E-state index is 0.0407. The first kappa shape index (κ1) is 20.1. The van der Waals surface area contributed by atoms with Gasteiger partial charge in [0.15, 0.2) is 6.29 Å². The van der Waals surface area contributed by atoms with Crippen molar-refractivity contribution in [2.75, 3.05) is 22.8 Å². The molecule has 0 aliphatic heterocycles. The first-order valence-corrected chi connectivity index (χ1v) is 9.45. The number of aliphatic hydroxyl groups is 1. The minimum atomic E-state index is -2.25. The Kier molecular flexibility index (Phi) is 7.32. The molecule has 0 heterocycles. The zero-order valence-corrected chi connectivity index (χ0v) is 15.7. The molecule has 2 atom stereocenters. The summed E-state index contributed by atoms with van der Waals surface area (Å²) in [6.07, 6.45) is 1.30. The molecule has 2 aromatic carbocycles. The average molecular weight is 376 g/mol. The Bertz CT molecular complexity index is 782. The second kappa shape index (κ2) is 9.47. The summed E-state index contributed by atoms with van der Waals surface area (Å²) in [5.74, 6) is 0. The van der Waals surface area contributed by atoms with Crippen LogP contribution in [0.3, 0.4) is 0 Å². The van der Waals surface area contributed by atoms with Crippen LogP contribution in [0.4, 0.5) is 11.4 Å². The fourth-order valence-electron chi connectivity index (χ4n) is 3.04. The third kappa shape index (κ3) is 5.14. The average Bonchev–Trinajstić information content (AvgIpc) is 2.60. The molecule has 0 radical (unpaired) electrons. The molecule has 6 nitrogen and oxygen atoms in total. The standard InChI is InChI=1S/C19H24N2O4S/c1-14-5-3-4-6-19(14)21(9-10-22)15(2)11-16-7-8-17(13-23)18(12-16)20-26(24)25/h3-8,12-13,15,20,22H,9-11H2,1-2H3,(H,24,25)/t15-/m1/s1. The summed E-state index contributed by atoms with van der Waals surface area (Å²) >= 11 is -2.25. The maximum Gasteiger partial charge on any atom is 0.259 e. The Morgan fingerprint density at radius 2 is 2.00 bits per heavy atom. The van der Waals surface area contributed by atoms with Gasteiger partial charge in [0.1, 0.15) is 0 Å². The molecular formula is C19H24N2O4S. The van der Waals surface area contributed by atoms with E-state index in [0.717, 1.165) is 16.8 Å². The summed E-state index contributed by atoms with van der Waals surface area (Å²) < 4.78 is 22.5. The summed E-state index contributed by atoms with van der Waals surface area (Å²) in [7, 11) is 0. The highest BCUT2D eigenvalue weighted by atomic mass is 32.2. The molecule has 0 fully saturated rings. The molecule has 1 unspecified atom stereocenters. The first-order chi connectivity index (χ1) is 12.5. The van der Waals surface area contributed by atoms with E-state index in [4.69, 9.17) is 4.55 Å². The SMILES string of the molecule is Cc1ccccc1N(CCO)[C@H](C)Cc1ccc(C=O)c(NS(=O)O)c1. The van der Waals surface area contributed by atoms with Crippen LogP contribution in [0, 0.1) is 6.92 Å². The van der Waals surface area contributed by atoms with Gasteiger partial charge in [-0.3, -0.25) is 14.1 Å². The predicted octanol–water partition coefficient (Wildman–Crippen LogP) is 2.79. The lowest BCUT2D eigenvalue weighted by Gasteiger charge is -2.32. The Balaban J connectivity index is 2.26. The molecule has 0 aliphatic carbocycles. The molecule has 7 heteroatoms. The Morgan fingerprint density at radius 1 is 1.27 bits per heavy atom. The molecule has 2 aromatic rings. The minimum Gasteiger partial charge on any atom is -0.395 e. The van der Waals surface area contributed by atoms with E-state index in [2.05, 4.69) is 16.5 Å². The quantitative estimate of drug-likeness (QED) is 0.462. The number of carbonyl (C=O) groups is 1. The number of hydrogen-bond donors (Lipinski definition) is 3. The number of nitrogens with zero attached hydrogens (tertiary/aromatic N) is 1. The summed E-state index contributed by atoms with van der Waals surface area (Å²) in [5, 5.41) is 9.46. The number of aryl methyl sites for hydroxylation is 1. The van der Waals surface area contributed by atoms with Crippen molar-refractivity contribution in [2.45, 2.75) is 26.3 Å². The van der Waals surface area contributed by atoms with E-state index in [1.807, 2.05) is 37.3 Å². The maximum absolute atomic E-state index is 11.1. The molecule has 0 spiro atoms. The van der Waals surface area contributed by atoms with Crippen molar-refractivity contribution < 1.29 is 18.7 Å². The van der Waals surface area contributed by atoms with Crippen LogP contribution in [0.5, 0.6) is 0 Å². The molecule has 0 bridgehead atoms. The number of aliphatic hydroxyl groups excluding tert-OH is 1. The van der Waals surface area contributed by atoms with E-state index < -0.39 is 11.3 Å². The highest BCUT2D eigenvalue weighted by molar-refractivity contribution is 7.80. The highest BCUT2D eigenvalue weighted by Crippen LogP contribution is 2.24. The van der Waals surface area contributed by atoms with E-state index in [1.54, 1.807) is 12.1 Å². The number of rotatable bonds is 9. The van der Waals surface area contributed by atoms with Gasteiger partial charge in [0.25, 0.3) is 11.3 Å². The second-order valence-corrected chi connectivity index (χ2v) is 6.85. The van der Waals surface area contributed by atoms with Crippen molar-refractivity contribution in [3.8, 4) is 0 Å². The zero-order valence-electron chi connectivity index (χ0n) is 14.9. The van der Waals surface area contributed by atoms with Crippen molar-refractivity contribution in [1.29, 1.82) is 0 Å². The van der Waals surface area contributed by atoms with Crippen LogP contribution in [-0.4, -0.2) is 39.3 Å². The van der Waals surface area contributed by atoms with E-state index >= 15 is 0 Å². The summed E-state index contributed by atoms with van der Waals surface area (Å²) in [6, 6.07) is 13.3. The van der Waals surface area contributed by atoms with Crippen LogP contribution >= 0.6 is 0 Å². The van der Waals surface area contributed by atoms with E-state index in [9.17, 15) is 14.1 Å². The largest absolute Gasteiger partial charge is 0.395 e. The number of anilines is 2. The monoisotopic (exact) mass is 376 g/mol. The number of carbonyl (C=O) groups excluding carboxylic acids is 1. The molecule has 2 rings (SSSR count). The fraction of sp³-hybridized carbons (Fsp3) is 0.316. The molecule has 3 N–H and O–H groups in total. The number of nitrogens with one attached hydrogen (secondary N) is 1. The number of para-hydroxylation sites is 1. The van der Waals surface area contributed by atoms with Crippen molar-refractivity contribution in [1.82, 2.24) is 0 Å². The lowest BCUT2D eigenvalue weighted by Crippen LogP contribution is -2.37. The van der Waals surface area contributed by atoms with Crippen molar-refractivity contribution in [3.05, 3.63) is 59.2 Å². The van der Waals surface area contributed by atoms with Crippen LogP contribution < -0.4 is 9.62 Å². The third-order valence-electron chi connectivity index (χ3n) is 4.27. The van der Waals surface area contributed by atoms with E-state index in [-0.39, 0.29) is 12.6 Å². The van der Waals surface area contributed by atoms with Crippen molar-refractivity contribution >= 4 is 28.9 Å². The van der Waals surface area contributed by atoms with Gasteiger partial charge in [-0.05, 0) is 49.6 Å². The Hall–Kier alpha value is -2.22. The summed E-state index contributed by atoms with van der Waals surface area (Å²) in [5.41, 5.74) is 3.77. The highest BCUT2D eigenvalue weighted by Gasteiger charge is 2.17. The van der Waals surface area contributed by atoms with E-state index in [1.165, 1.54) is 0 Å². The van der Waals surface area contributed by atoms with Gasteiger partial charge in [0, 0.05) is 23.8 Å². The van der Waals surface area contributed by atoms with Gasteiger partial charge in [-0.25, -0.2) is 4.21 Å². The third-order valence-corrected chi connectivity index (χ3v) is 4.67. The van der Waals surface area contributed by atoms with Gasteiger partial charge in [-0.2, -0.15) is 0 Å². The molecule has 0 saturated heterocycles. The lowest BCUT2D eigenvalue weighted by molar-refractivity contribution is 0.112. The van der Waals surface area contributed by atoms with Gasteiger partial charge in [-0.15, -0.1) is 0 Å². The molecule has 140 valence electrons. The number of benzene rings is 2. The molecule has 26 heavy (non-hydrogen) atoms. The van der Waals surface area contributed by atoms with Gasteiger partial charge < -0.3 is 10.0 Å². The first-order valence-electron chi connectivity index (χ1n) is 8.35. The molecule has 0 saturated carbocycles.